The molecule has 0 aliphatic carbocycles. The topological polar surface area (TPSA) is 76.4 Å². The first-order valence-electron chi connectivity index (χ1n) is 7.56. The first-order chi connectivity index (χ1) is 10.7. The van der Waals surface area contributed by atoms with Gasteiger partial charge < -0.3 is 14.6 Å². The van der Waals surface area contributed by atoms with Crippen molar-refractivity contribution in [2.75, 3.05) is 10.6 Å². The van der Waals surface area contributed by atoms with Crippen molar-refractivity contribution in [1.82, 2.24) is 5.16 Å². The highest BCUT2D eigenvalue weighted by atomic mass is 16.5. The predicted octanol–water partition coefficient (Wildman–Crippen LogP) is 4.40. The van der Waals surface area contributed by atoms with Gasteiger partial charge in [0, 0.05) is 17.2 Å². The monoisotopic (exact) mass is 317 g/mol. The first-order valence-corrected chi connectivity index (χ1v) is 7.56. The Morgan fingerprint density at radius 2 is 1.83 bits per heavy atom. The van der Waals surface area contributed by atoms with E-state index >= 15 is 0 Å². The summed E-state index contributed by atoms with van der Waals surface area (Å²) in [4.78, 5) is 12.0. The highest BCUT2D eigenvalue weighted by Gasteiger charge is 2.19. The average Bonchev–Trinajstić information content (AvgIpc) is 2.89. The van der Waals surface area contributed by atoms with E-state index in [9.17, 15) is 4.79 Å². The molecule has 0 aliphatic rings. The third-order valence-electron chi connectivity index (χ3n) is 3.00. The maximum absolute atomic E-state index is 12.0. The van der Waals surface area contributed by atoms with E-state index in [-0.39, 0.29) is 17.6 Å². The molecule has 0 spiro atoms. The minimum Gasteiger partial charge on any atom is -0.491 e. The van der Waals surface area contributed by atoms with E-state index in [0.717, 1.165) is 11.4 Å². The molecule has 0 saturated carbocycles. The zero-order valence-corrected chi connectivity index (χ0v) is 14.1. The molecule has 124 valence electrons. The third kappa shape index (κ3) is 5.02. The summed E-state index contributed by atoms with van der Waals surface area (Å²) in [5.74, 6) is 1.07. The highest BCUT2D eigenvalue weighted by molar-refractivity contribution is 5.98. The van der Waals surface area contributed by atoms with E-state index in [4.69, 9.17) is 9.26 Å². The fraction of sp³-hybridized carbons (Fsp3) is 0.412. The van der Waals surface area contributed by atoms with Gasteiger partial charge in [0.25, 0.3) is 0 Å². The van der Waals surface area contributed by atoms with Crippen LogP contribution in [0.4, 0.5) is 16.4 Å². The fourth-order valence-electron chi connectivity index (χ4n) is 1.85. The van der Waals surface area contributed by atoms with Crippen LogP contribution in [0.25, 0.3) is 0 Å². The number of benzene rings is 1. The first kappa shape index (κ1) is 16.9. The predicted molar refractivity (Wildman–Crippen MR) is 90.1 cm³/mol. The number of aromatic nitrogens is 1. The molecular formula is C17H23N3O3. The number of anilines is 2. The zero-order chi connectivity index (χ0) is 17.0. The molecule has 0 atom stereocenters. The van der Waals surface area contributed by atoms with Crippen molar-refractivity contribution in [3.63, 3.8) is 0 Å². The summed E-state index contributed by atoms with van der Waals surface area (Å²) in [6.07, 6.45) is 0.112. The summed E-state index contributed by atoms with van der Waals surface area (Å²) < 4.78 is 10.7. The molecule has 0 aliphatic heterocycles. The van der Waals surface area contributed by atoms with Gasteiger partial charge in [-0.3, -0.25) is 5.32 Å². The Kier molecular flexibility index (Phi) is 4.93. The van der Waals surface area contributed by atoms with Crippen molar-refractivity contribution < 1.29 is 14.1 Å². The van der Waals surface area contributed by atoms with Gasteiger partial charge in [0.2, 0.25) is 5.88 Å². The second-order valence-corrected chi connectivity index (χ2v) is 6.60. The van der Waals surface area contributed by atoms with E-state index in [1.54, 1.807) is 18.2 Å². The minimum absolute atomic E-state index is 0.112. The molecule has 2 amide bonds. The molecule has 1 heterocycles. The van der Waals surface area contributed by atoms with Crippen molar-refractivity contribution >= 4 is 17.6 Å². The van der Waals surface area contributed by atoms with Crippen LogP contribution in [0.3, 0.4) is 0 Å². The Bertz CT molecular complexity index is 654. The van der Waals surface area contributed by atoms with Crippen LogP contribution >= 0.6 is 0 Å². The molecule has 0 fully saturated rings. The largest absolute Gasteiger partial charge is 0.491 e. The van der Waals surface area contributed by atoms with Crippen LogP contribution in [-0.4, -0.2) is 17.3 Å². The lowest BCUT2D eigenvalue weighted by Crippen LogP contribution is -2.19. The second kappa shape index (κ2) is 6.73. The van der Waals surface area contributed by atoms with Crippen LogP contribution in [0.15, 0.2) is 34.9 Å². The summed E-state index contributed by atoms with van der Waals surface area (Å²) in [6, 6.07) is 8.50. The molecule has 0 unspecified atom stereocenters. The molecule has 0 radical (unpaired) electrons. The molecule has 1 aromatic carbocycles. The van der Waals surface area contributed by atoms with E-state index in [1.807, 2.05) is 46.8 Å². The van der Waals surface area contributed by atoms with Crippen molar-refractivity contribution in [3.8, 4) is 5.75 Å². The van der Waals surface area contributed by atoms with Crippen molar-refractivity contribution in [3.05, 3.63) is 36.0 Å². The summed E-state index contributed by atoms with van der Waals surface area (Å²) in [7, 11) is 0. The molecule has 2 aromatic rings. The van der Waals surface area contributed by atoms with Gasteiger partial charge >= 0.3 is 6.03 Å². The fourth-order valence-corrected chi connectivity index (χ4v) is 1.85. The maximum Gasteiger partial charge on any atom is 0.326 e. The normalized spacial score (nSPS) is 11.4. The van der Waals surface area contributed by atoms with Crippen LogP contribution in [-0.2, 0) is 5.41 Å². The van der Waals surface area contributed by atoms with Gasteiger partial charge in [-0.2, -0.15) is 0 Å². The quantitative estimate of drug-likeness (QED) is 0.876. The molecule has 0 bridgehead atoms. The minimum atomic E-state index is -0.390. The molecule has 23 heavy (non-hydrogen) atoms. The number of amides is 2. The smallest absolute Gasteiger partial charge is 0.326 e. The Labute approximate surface area is 136 Å². The van der Waals surface area contributed by atoms with Crippen LogP contribution in [0.2, 0.25) is 0 Å². The molecule has 6 heteroatoms. The van der Waals surface area contributed by atoms with Crippen LogP contribution in [0, 0.1) is 0 Å². The Morgan fingerprint density at radius 3 is 2.35 bits per heavy atom. The summed E-state index contributed by atoms with van der Waals surface area (Å²) in [5, 5.41) is 9.30. The molecular weight excluding hydrogens is 294 g/mol. The van der Waals surface area contributed by atoms with Gasteiger partial charge in [-0.25, -0.2) is 4.79 Å². The van der Waals surface area contributed by atoms with Gasteiger partial charge in [0.15, 0.2) is 0 Å². The van der Waals surface area contributed by atoms with Crippen LogP contribution in [0.5, 0.6) is 5.75 Å². The van der Waals surface area contributed by atoms with E-state index in [2.05, 4.69) is 15.8 Å². The van der Waals surface area contributed by atoms with Crippen LogP contribution < -0.4 is 15.4 Å². The Hall–Kier alpha value is -2.50. The zero-order valence-electron chi connectivity index (χ0n) is 14.1. The number of carbonyl (C=O) groups excluding carboxylic acids is 1. The number of rotatable bonds is 4. The maximum atomic E-state index is 12.0. The number of nitrogens with one attached hydrogen (secondary N) is 2. The lowest BCUT2D eigenvalue weighted by molar-refractivity contribution is 0.242. The van der Waals surface area contributed by atoms with Gasteiger partial charge in [-0.1, -0.05) is 25.9 Å². The standard InChI is InChI=1S/C17H23N3O3/c1-11(2)22-13-8-6-12(7-9-13)18-16(21)19-15-10-14(20-23-15)17(3,4)5/h6-11H,1-5H3,(H2,18,19,21). The SMILES string of the molecule is CC(C)Oc1ccc(NC(=O)Nc2cc(C(C)(C)C)no2)cc1. The summed E-state index contributed by atoms with van der Waals surface area (Å²) >= 11 is 0. The number of carbonyl (C=O) groups is 1. The lowest BCUT2D eigenvalue weighted by Gasteiger charge is -2.12. The van der Waals surface area contributed by atoms with Crippen molar-refractivity contribution in [2.24, 2.45) is 0 Å². The summed E-state index contributed by atoms with van der Waals surface area (Å²) in [5.41, 5.74) is 1.31. The number of nitrogens with zero attached hydrogens (tertiary/aromatic N) is 1. The van der Waals surface area contributed by atoms with Crippen molar-refractivity contribution in [1.29, 1.82) is 0 Å². The van der Waals surface area contributed by atoms with E-state index in [0.29, 0.717) is 11.6 Å². The average molecular weight is 317 g/mol. The second-order valence-electron chi connectivity index (χ2n) is 6.60. The third-order valence-corrected chi connectivity index (χ3v) is 3.00. The van der Waals surface area contributed by atoms with Crippen LogP contribution in [0.1, 0.15) is 40.3 Å². The van der Waals surface area contributed by atoms with E-state index < -0.39 is 0 Å². The number of hydrogen-bond acceptors (Lipinski definition) is 4. The molecule has 0 saturated heterocycles. The lowest BCUT2D eigenvalue weighted by atomic mass is 9.92. The highest BCUT2D eigenvalue weighted by Crippen LogP contribution is 2.23. The molecule has 6 nitrogen and oxygen atoms in total. The van der Waals surface area contributed by atoms with Gasteiger partial charge in [0.05, 0.1) is 11.8 Å². The van der Waals surface area contributed by atoms with Crippen molar-refractivity contribution in [2.45, 2.75) is 46.1 Å². The van der Waals surface area contributed by atoms with Gasteiger partial charge in [0.1, 0.15) is 5.75 Å². The number of hydrogen-bond donors (Lipinski definition) is 2. The number of ether oxygens (including phenoxy) is 1. The molecule has 2 rings (SSSR count). The Morgan fingerprint density at radius 1 is 1.17 bits per heavy atom. The van der Waals surface area contributed by atoms with Gasteiger partial charge in [-0.05, 0) is 38.1 Å². The number of urea groups is 1. The Balaban J connectivity index is 1.93. The molecule has 1 aromatic heterocycles. The molecule has 2 N–H and O–H groups in total. The van der Waals surface area contributed by atoms with E-state index in [1.165, 1.54) is 0 Å². The van der Waals surface area contributed by atoms with Gasteiger partial charge in [-0.15, -0.1) is 0 Å². The summed E-state index contributed by atoms with van der Waals surface area (Å²) in [6.45, 7) is 9.99.